The zero-order valence-corrected chi connectivity index (χ0v) is 22.9. The summed E-state index contributed by atoms with van der Waals surface area (Å²) in [5, 5.41) is 14.2. The zero-order chi connectivity index (χ0) is 27.7. The molecule has 0 radical (unpaired) electrons. The molecule has 5 atom stereocenters. The van der Waals surface area contributed by atoms with Crippen molar-refractivity contribution in [3.05, 3.63) is 42.0 Å². The number of hydrogen-bond acceptors (Lipinski definition) is 6. The molecule has 3 fully saturated rings. The minimum Gasteiger partial charge on any atom is -0.444 e. The average Bonchev–Trinajstić information content (AvgIpc) is 3.68. The van der Waals surface area contributed by atoms with Crippen LogP contribution in [0.4, 0.5) is 9.18 Å². The first-order valence-electron chi connectivity index (χ1n) is 13.9. The van der Waals surface area contributed by atoms with Gasteiger partial charge in [-0.05, 0) is 76.0 Å². The molecule has 39 heavy (non-hydrogen) atoms. The van der Waals surface area contributed by atoms with Crippen LogP contribution < -0.4 is 0 Å². The van der Waals surface area contributed by atoms with E-state index in [-0.39, 0.29) is 30.6 Å². The van der Waals surface area contributed by atoms with Crippen LogP contribution in [0.25, 0.3) is 11.1 Å². The summed E-state index contributed by atoms with van der Waals surface area (Å²) in [6.07, 6.45) is 6.82. The van der Waals surface area contributed by atoms with E-state index in [2.05, 4.69) is 11.2 Å². The number of benzene rings is 1. The Bertz CT molecular complexity index is 1260. The molecule has 2 aromatic rings. The van der Waals surface area contributed by atoms with Crippen molar-refractivity contribution in [1.82, 2.24) is 14.7 Å². The third-order valence-electron chi connectivity index (χ3n) is 8.10. The Morgan fingerprint density at radius 3 is 2.77 bits per heavy atom. The van der Waals surface area contributed by atoms with Crippen LogP contribution in [0.5, 0.6) is 0 Å². The smallest absolute Gasteiger partial charge is 0.411 e. The minimum absolute atomic E-state index is 0.000164. The summed E-state index contributed by atoms with van der Waals surface area (Å²) in [6, 6.07) is 6.60. The molecule has 0 N–H and O–H groups in total. The number of ether oxygens (including phenoxy) is 2. The van der Waals surface area contributed by atoms with Crippen molar-refractivity contribution in [3.63, 3.8) is 0 Å². The summed E-state index contributed by atoms with van der Waals surface area (Å²) >= 11 is 0. The number of aromatic nitrogens is 2. The third kappa shape index (κ3) is 6.17. The van der Waals surface area contributed by atoms with E-state index in [0.717, 1.165) is 51.0 Å². The van der Waals surface area contributed by atoms with Gasteiger partial charge in [-0.3, -0.25) is 14.4 Å². The predicted molar refractivity (Wildman–Crippen MR) is 142 cm³/mol. The Morgan fingerprint density at radius 2 is 2.08 bits per heavy atom. The average molecular weight is 537 g/mol. The van der Waals surface area contributed by atoms with Gasteiger partial charge in [0.05, 0.1) is 30.8 Å². The minimum atomic E-state index is -0.686. The van der Waals surface area contributed by atoms with Crippen molar-refractivity contribution in [2.45, 2.75) is 83.5 Å². The van der Waals surface area contributed by atoms with Gasteiger partial charge in [0.25, 0.3) is 0 Å². The number of Topliss-reactive ketones (excluding diaryl/α,β-unsaturated/α-hetero) is 1. The molecular formula is C30H37FN4O4. The van der Waals surface area contributed by atoms with Crippen LogP contribution in [0.3, 0.4) is 0 Å². The molecule has 5 rings (SSSR count). The fraction of sp³-hybridized carbons (Fsp3) is 0.600. The Labute approximate surface area is 229 Å². The van der Waals surface area contributed by atoms with Gasteiger partial charge >= 0.3 is 6.09 Å². The highest BCUT2D eigenvalue weighted by atomic mass is 19.1. The maximum atomic E-state index is 15.1. The number of hydrogen-bond donors (Lipinski definition) is 0. The zero-order valence-electron chi connectivity index (χ0n) is 22.9. The SMILES string of the molecule is CC(C)(C)OC(=O)N1[C@@H]2CC[C@@H](C2)[C@H]1C(=O)C[C@H](C#N)Cc1ccc(-c2cnn(CC3CCOC3)c2)cc1F. The molecule has 3 heterocycles. The Kier molecular flexibility index (Phi) is 7.77. The Balaban J connectivity index is 1.23. The van der Waals surface area contributed by atoms with Gasteiger partial charge in [-0.2, -0.15) is 10.4 Å². The molecule has 2 saturated heterocycles. The molecule has 1 aliphatic carbocycles. The summed E-state index contributed by atoms with van der Waals surface area (Å²) in [4.78, 5) is 27.9. The van der Waals surface area contributed by atoms with E-state index in [1.54, 1.807) is 37.9 Å². The molecule has 1 saturated carbocycles. The number of likely N-dealkylation sites (tertiary alicyclic amines) is 1. The molecule has 3 aliphatic rings. The maximum Gasteiger partial charge on any atom is 0.411 e. The number of carbonyl (C=O) groups excluding carboxylic acids is 2. The third-order valence-corrected chi connectivity index (χ3v) is 8.10. The molecule has 8 nitrogen and oxygen atoms in total. The molecular weight excluding hydrogens is 499 g/mol. The molecule has 1 aromatic carbocycles. The van der Waals surface area contributed by atoms with Gasteiger partial charge in [-0.15, -0.1) is 0 Å². The topological polar surface area (TPSA) is 97.5 Å². The lowest BCUT2D eigenvalue weighted by Crippen LogP contribution is -2.51. The van der Waals surface area contributed by atoms with Gasteiger partial charge in [0.2, 0.25) is 0 Å². The van der Waals surface area contributed by atoms with Crippen molar-refractivity contribution in [2.75, 3.05) is 13.2 Å². The number of piperidine rings is 1. The second-order valence-corrected chi connectivity index (χ2v) is 12.2. The fourth-order valence-electron chi connectivity index (χ4n) is 6.27. The van der Waals surface area contributed by atoms with Gasteiger partial charge in [0.15, 0.2) is 5.78 Å². The molecule has 2 bridgehead atoms. The number of halogens is 1. The number of carbonyl (C=O) groups is 2. The van der Waals surface area contributed by atoms with Gasteiger partial charge in [-0.1, -0.05) is 12.1 Å². The maximum absolute atomic E-state index is 15.1. The molecule has 0 spiro atoms. The number of fused-ring (bicyclic) bond motifs is 2. The standard InChI is InChI=1S/C30H37FN4O4/c1-30(2,3)39-29(37)35-25-7-6-23(12-25)28(35)27(36)11-20(14-32)10-22-5-4-21(13-26(22)31)24-15-33-34(17-24)16-19-8-9-38-18-19/h4-5,13,15,17,19-20,23,25,28H,6-12,16,18H2,1-3H3/t19?,20-,23+,25-,28+/m1/s1. The van der Waals surface area contributed by atoms with Gasteiger partial charge in [0, 0.05) is 43.3 Å². The highest BCUT2D eigenvalue weighted by Gasteiger charge is 2.52. The first-order chi connectivity index (χ1) is 18.6. The number of ketones is 1. The highest BCUT2D eigenvalue weighted by molar-refractivity contribution is 5.89. The van der Waals surface area contributed by atoms with Crippen LogP contribution in [0.1, 0.15) is 58.4 Å². The van der Waals surface area contributed by atoms with E-state index in [0.29, 0.717) is 17.0 Å². The van der Waals surface area contributed by atoms with Crippen molar-refractivity contribution >= 4 is 11.9 Å². The van der Waals surface area contributed by atoms with Crippen LogP contribution in [-0.4, -0.2) is 57.5 Å². The van der Waals surface area contributed by atoms with Crippen molar-refractivity contribution in [1.29, 1.82) is 5.26 Å². The van der Waals surface area contributed by atoms with Crippen LogP contribution in [0.2, 0.25) is 0 Å². The molecule has 9 heteroatoms. The summed E-state index contributed by atoms with van der Waals surface area (Å²) in [7, 11) is 0. The van der Waals surface area contributed by atoms with Gasteiger partial charge in [-0.25, -0.2) is 9.18 Å². The number of nitrogens with zero attached hydrogens (tertiary/aromatic N) is 4. The van der Waals surface area contributed by atoms with E-state index in [9.17, 15) is 14.9 Å². The number of amides is 1. The molecule has 208 valence electrons. The number of rotatable bonds is 8. The Hall–Kier alpha value is -3.25. The van der Waals surface area contributed by atoms with E-state index in [1.807, 2.05) is 16.9 Å². The van der Waals surface area contributed by atoms with Crippen molar-refractivity contribution < 1.29 is 23.5 Å². The lowest BCUT2D eigenvalue weighted by molar-refractivity contribution is -0.126. The van der Waals surface area contributed by atoms with Crippen LogP contribution in [-0.2, 0) is 27.2 Å². The van der Waals surface area contributed by atoms with Crippen LogP contribution in [0.15, 0.2) is 30.6 Å². The molecule has 1 aromatic heterocycles. The second kappa shape index (κ2) is 11.1. The van der Waals surface area contributed by atoms with Gasteiger partial charge < -0.3 is 9.47 Å². The fourth-order valence-corrected chi connectivity index (χ4v) is 6.27. The second-order valence-electron chi connectivity index (χ2n) is 12.2. The number of nitriles is 1. The summed E-state index contributed by atoms with van der Waals surface area (Å²) < 4.78 is 28.0. The quantitative estimate of drug-likeness (QED) is 0.463. The first kappa shape index (κ1) is 27.3. The normalized spacial score (nSPS) is 25.1. The van der Waals surface area contributed by atoms with Crippen molar-refractivity contribution in [2.24, 2.45) is 17.8 Å². The predicted octanol–water partition coefficient (Wildman–Crippen LogP) is 5.16. The Morgan fingerprint density at radius 1 is 1.26 bits per heavy atom. The monoisotopic (exact) mass is 536 g/mol. The van der Waals surface area contributed by atoms with E-state index < -0.39 is 29.5 Å². The summed E-state index contributed by atoms with van der Waals surface area (Å²) in [6.45, 7) is 7.71. The van der Waals surface area contributed by atoms with Crippen LogP contribution >= 0.6 is 0 Å². The highest BCUT2D eigenvalue weighted by Crippen LogP contribution is 2.44. The molecule has 1 amide bonds. The van der Waals surface area contributed by atoms with Gasteiger partial charge in [0.1, 0.15) is 11.4 Å². The first-order valence-corrected chi connectivity index (χ1v) is 13.9. The van der Waals surface area contributed by atoms with E-state index >= 15 is 4.39 Å². The summed E-state index contributed by atoms with van der Waals surface area (Å²) in [5.41, 5.74) is 1.27. The van der Waals surface area contributed by atoms with Crippen LogP contribution in [0, 0.1) is 34.9 Å². The summed E-state index contributed by atoms with van der Waals surface area (Å²) in [5.74, 6) is -0.705. The van der Waals surface area contributed by atoms with Crippen molar-refractivity contribution in [3.8, 4) is 17.2 Å². The van der Waals surface area contributed by atoms with E-state index in [4.69, 9.17) is 9.47 Å². The lowest BCUT2D eigenvalue weighted by Gasteiger charge is -2.35. The largest absolute Gasteiger partial charge is 0.444 e. The molecule has 2 aliphatic heterocycles. The van der Waals surface area contributed by atoms with E-state index in [1.165, 1.54) is 6.07 Å². The lowest BCUT2D eigenvalue weighted by atomic mass is 9.87. The molecule has 1 unspecified atom stereocenters.